The molecule has 0 radical (unpaired) electrons. The first-order valence-corrected chi connectivity index (χ1v) is 4.46. The zero-order valence-electron chi connectivity index (χ0n) is 7.95. The van der Waals surface area contributed by atoms with Gasteiger partial charge in [-0.25, -0.2) is 9.97 Å². The van der Waals surface area contributed by atoms with E-state index >= 15 is 0 Å². The molecule has 0 aliphatic rings. The van der Waals surface area contributed by atoms with E-state index in [1.54, 1.807) is 31.1 Å². The predicted molar refractivity (Wildman–Crippen MR) is 56.0 cm³/mol. The molecule has 3 aromatic heterocycles. The summed E-state index contributed by atoms with van der Waals surface area (Å²) in [5, 5.41) is 0. The third-order valence-corrected chi connectivity index (χ3v) is 1.67. The van der Waals surface area contributed by atoms with Gasteiger partial charge in [0.25, 0.3) is 0 Å². The van der Waals surface area contributed by atoms with E-state index in [4.69, 9.17) is 0 Å². The second-order valence-corrected chi connectivity index (χ2v) is 2.70. The molecule has 0 bridgehead atoms. The summed E-state index contributed by atoms with van der Waals surface area (Å²) < 4.78 is 4.58. The molecule has 0 fully saturated rings. The lowest BCUT2D eigenvalue weighted by atomic mass is 10.4. The van der Waals surface area contributed by atoms with Crippen LogP contribution in [-0.4, -0.2) is 15.0 Å². The van der Waals surface area contributed by atoms with Gasteiger partial charge in [-0.2, -0.15) is 0 Å². The van der Waals surface area contributed by atoms with E-state index in [0.29, 0.717) is 5.65 Å². The third-order valence-electron chi connectivity index (χ3n) is 1.67. The molecule has 4 nitrogen and oxygen atoms in total. The number of pyridine rings is 1. The van der Waals surface area contributed by atoms with Gasteiger partial charge in [0.05, 0.1) is 12.5 Å². The molecule has 3 aromatic rings. The van der Waals surface area contributed by atoms with Crippen molar-refractivity contribution in [2.75, 3.05) is 0 Å². The van der Waals surface area contributed by atoms with E-state index in [0.717, 1.165) is 5.52 Å². The van der Waals surface area contributed by atoms with Gasteiger partial charge in [-0.15, -0.1) is 0 Å². The zero-order valence-corrected chi connectivity index (χ0v) is 7.95. The maximum atomic E-state index is 4.58. The van der Waals surface area contributed by atoms with Crippen molar-refractivity contribution in [3.63, 3.8) is 0 Å². The van der Waals surface area contributed by atoms with Crippen molar-refractivity contribution in [1.82, 2.24) is 15.0 Å². The van der Waals surface area contributed by atoms with Crippen molar-refractivity contribution in [3.8, 4) is 0 Å². The van der Waals surface area contributed by atoms with Gasteiger partial charge in [-0.3, -0.25) is 4.98 Å². The van der Waals surface area contributed by atoms with Gasteiger partial charge in [-0.05, 0) is 24.3 Å². The Kier molecular flexibility index (Phi) is 3.02. The smallest absolute Gasteiger partial charge is 0.178 e. The molecule has 74 valence electrons. The van der Waals surface area contributed by atoms with Crippen molar-refractivity contribution < 1.29 is 4.42 Å². The summed E-state index contributed by atoms with van der Waals surface area (Å²) in [4.78, 5) is 12.1. The molecular formula is C11H9N3O. The fourth-order valence-electron chi connectivity index (χ4n) is 1.03. The third kappa shape index (κ3) is 2.60. The van der Waals surface area contributed by atoms with Crippen molar-refractivity contribution in [1.29, 1.82) is 0 Å². The molecule has 3 heterocycles. The molecule has 15 heavy (non-hydrogen) atoms. The highest BCUT2D eigenvalue weighted by molar-refractivity contribution is 5.67. The lowest BCUT2D eigenvalue weighted by Crippen LogP contribution is -1.83. The number of rotatable bonds is 0. The Balaban J connectivity index is 0.000000144. The summed E-state index contributed by atoms with van der Waals surface area (Å²) in [5.74, 6) is 0. The minimum Gasteiger partial charge on any atom is -0.473 e. The highest BCUT2D eigenvalue weighted by atomic mass is 16.3. The lowest BCUT2D eigenvalue weighted by molar-refractivity contribution is 0.567. The maximum Gasteiger partial charge on any atom is 0.178 e. The van der Waals surface area contributed by atoms with Gasteiger partial charge in [-0.1, -0.05) is 0 Å². The SMILES string of the molecule is c1ccoc1.c1cnc2nccnc2c1. The molecule has 3 rings (SSSR count). The average molecular weight is 199 g/mol. The van der Waals surface area contributed by atoms with Crippen molar-refractivity contribution in [2.45, 2.75) is 0 Å². The Morgan fingerprint density at radius 3 is 2.20 bits per heavy atom. The quantitative estimate of drug-likeness (QED) is 0.557. The van der Waals surface area contributed by atoms with Crippen LogP contribution in [0.2, 0.25) is 0 Å². The highest BCUT2D eigenvalue weighted by Gasteiger charge is 1.89. The Morgan fingerprint density at radius 2 is 1.53 bits per heavy atom. The van der Waals surface area contributed by atoms with Crippen molar-refractivity contribution in [2.24, 2.45) is 0 Å². The minimum atomic E-state index is 0.699. The first kappa shape index (κ1) is 9.33. The molecule has 0 unspecified atom stereocenters. The molecule has 0 aliphatic carbocycles. The first-order valence-electron chi connectivity index (χ1n) is 4.46. The monoisotopic (exact) mass is 199 g/mol. The van der Waals surface area contributed by atoms with Crippen LogP contribution in [0.1, 0.15) is 0 Å². The Hall–Kier alpha value is -2.23. The summed E-state index contributed by atoms with van der Waals surface area (Å²) in [7, 11) is 0. The molecule has 0 saturated heterocycles. The van der Waals surface area contributed by atoms with E-state index < -0.39 is 0 Å². The summed E-state index contributed by atoms with van der Waals surface area (Å²) in [5.41, 5.74) is 1.54. The summed E-state index contributed by atoms with van der Waals surface area (Å²) in [6.07, 6.45) is 8.25. The average Bonchev–Trinajstić information content (AvgIpc) is 2.88. The van der Waals surface area contributed by atoms with E-state index in [2.05, 4.69) is 19.4 Å². The number of nitrogens with zero attached hydrogens (tertiary/aromatic N) is 3. The molecule has 0 aromatic carbocycles. The highest BCUT2D eigenvalue weighted by Crippen LogP contribution is 2.00. The van der Waals surface area contributed by atoms with Crippen LogP contribution in [0.4, 0.5) is 0 Å². The fraction of sp³-hybridized carbons (Fsp3) is 0. The summed E-state index contributed by atoms with van der Waals surface area (Å²) in [6, 6.07) is 7.40. The van der Waals surface area contributed by atoms with Gasteiger partial charge in [0.1, 0.15) is 5.52 Å². The Bertz CT molecular complexity index is 425. The van der Waals surface area contributed by atoms with E-state index in [1.807, 2.05) is 24.3 Å². The molecule has 0 atom stereocenters. The lowest BCUT2D eigenvalue weighted by Gasteiger charge is -1.89. The number of fused-ring (bicyclic) bond motifs is 1. The summed E-state index contributed by atoms with van der Waals surface area (Å²) in [6.45, 7) is 0. The van der Waals surface area contributed by atoms with Crippen LogP contribution >= 0.6 is 0 Å². The number of hydrogen-bond donors (Lipinski definition) is 0. The van der Waals surface area contributed by atoms with Gasteiger partial charge < -0.3 is 4.42 Å². The van der Waals surface area contributed by atoms with Crippen LogP contribution in [0, 0.1) is 0 Å². The van der Waals surface area contributed by atoms with Crippen LogP contribution in [-0.2, 0) is 0 Å². The predicted octanol–water partition coefficient (Wildman–Crippen LogP) is 2.30. The van der Waals surface area contributed by atoms with Gasteiger partial charge in [0.2, 0.25) is 0 Å². The molecule has 0 saturated carbocycles. The molecule has 0 aliphatic heterocycles. The molecule has 0 amide bonds. The number of furan rings is 1. The van der Waals surface area contributed by atoms with Gasteiger partial charge in [0, 0.05) is 18.6 Å². The molecule has 4 heteroatoms. The maximum absolute atomic E-state index is 4.58. The van der Waals surface area contributed by atoms with Crippen LogP contribution in [0.3, 0.4) is 0 Å². The van der Waals surface area contributed by atoms with Crippen molar-refractivity contribution in [3.05, 3.63) is 55.4 Å². The normalized spacial score (nSPS) is 9.33. The standard InChI is InChI=1S/C7H5N3.C4H4O/c1-2-6-7(9-3-1)10-5-4-8-6;1-2-4-5-3-1/h1-5H;1-4H. The Morgan fingerprint density at radius 1 is 0.800 bits per heavy atom. The summed E-state index contributed by atoms with van der Waals surface area (Å²) >= 11 is 0. The van der Waals surface area contributed by atoms with Gasteiger partial charge in [0.15, 0.2) is 5.65 Å². The Labute approximate surface area is 86.6 Å². The largest absolute Gasteiger partial charge is 0.473 e. The minimum absolute atomic E-state index is 0.699. The second-order valence-electron chi connectivity index (χ2n) is 2.70. The first-order chi connectivity index (χ1) is 7.47. The van der Waals surface area contributed by atoms with Crippen molar-refractivity contribution >= 4 is 11.2 Å². The van der Waals surface area contributed by atoms with Crippen LogP contribution < -0.4 is 0 Å². The van der Waals surface area contributed by atoms with Gasteiger partial charge >= 0.3 is 0 Å². The molecule has 0 spiro atoms. The molecule has 0 N–H and O–H groups in total. The topological polar surface area (TPSA) is 51.8 Å². The van der Waals surface area contributed by atoms with E-state index in [-0.39, 0.29) is 0 Å². The zero-order chi connectivity index (χ0) is 10.3. The number of hydrogen-bond acceptors (Lipinski definition) is 4. The van der Waals surface area contributed by atoms with Crippen LogP contribution in [0.15, 0.2) is 59.8 Å². The van der Waals surface area contributed by atoms with E-state index in [1.165, 1.54) is 0 Å². The van der Waals surface area contributed by atoms with Crippen LogP contribution in [0.5, 0.6) is 0 Å². The number of aromatic nitrogens is 3. The molecular weight excluding hydrogens is 190 g/mol. The fourth-order valence-corrected chi connectivity index (χ4v) is 1.03. The van der Waals surface area contributed by atoms with E-state index in [9.17, 15) is 0 Å². The second kappa shape index (κ2) is 4.85. The van der Waals surface area contributed by atoms with Crippen LogP contribution in [0.25, 0.3) is 11.2 Å².